The van der Waals surface area contributed by atoms with Crippen molar-refractivity contribution >= 4 is 17.8 Å². The van der Waals surface area contributed by atoms with Gasteiger partial charge in [0, 0.05) is 18.0 Å². The van der Waals surface area contributed by atoms with E-state index in [9.17, 15) is 14.4 Å². The van der Waals surface area contributed by atoms with Gasteiger partial charge in [0.2, 0.25) is 11.8 Å². The van der Waals surface area contributed by atoms with Gasteiger partial charge in [-0.15, -0.1) is 0 Å². The molecule has 3 fully saturated rings. The molecular formula is C20H33N3O4. The molecule has 0 radical (unpaired) electrons. The smallest absolute Gasteiger partial charge is 0.328 e. The van der Waals surface area contributed by atoms with Crippen LogP contribution in [-0.4, -0.2) is 49.1 Å². The summed E-state index contributed by atoms with van der Waals surface area (Å²) in [6, 6.07) is -1.07. The Labute approximate surface area is 161 Å². The van der Waals surface area contributed by atoms with E-state index in [1.165, 1.54) is 39.2 Å². The van der Waals surface area contributed by atoms with Crippen LogP contribution < -0.4 is 16.0 Å². The van der Waals surface area contributed by atoms with Gasteiger partial charge >= 0.3 is 5.97 Å². The number of carbonyl (C=O) groups is 3. The third-order valence-electron chi connectivity index (χ3n) is 6.50. The largest absolute Gasteiger partial charge is 0.467 e. The van der Waals surface area contributed by atoms with Crippen molar-refractivity contribution in [3.8, 4) is 0 Å². The van der Waals surface area contributed by atoms with Gasteiger partial charge in [0.15, 0.2) is 0 Å². The first-order chi connectivity index (χ1) is 12.7. The maximum Gasteiger partial charge on any atom is 0.328 e. The molecule has 3 unspecified atom stereocenters. The summed E-state index contributed by atoms with van der Waals surface area (Å²) in [4.78, 5) is 37.2. The molecule has 2 saturated heterocycles. The normalized spacial score (nSPS) is 30.0. The van der Waals surface area contributed by atoms with Gasteiger partial charge in [0.25, 0.3) is 0 Å². The van der Waals surface area contributed by atoms with E-state index >= 15 is 0 Å². The number of amides is 2. The van der Waals surface area contributed by atoms with Gasteiger partial charge < -0.3 is 20.7 Å². The van der Waals surface area contributed by atoms with Gasteiger partial charge in [-0.1, -0.05) is 19.3 Å². The summed E-state index contributed by atoms with van der Waals surface area (Å²) in [6.45, 7) is 4.79. The number of ether oxygens (including phenoxy) is 1. The van der Waals surface area contributed by atoms with E-state index < -0.39 is 12.0 Å². The minimum atomic E-state index is -0.795. The lowest BCUT2D eigenvalue weighted by atomic mass is 9.72. The van der Waals surface area contributed by atoms with Gasteiger partial charge in [0.05, 0.1) is 13.2 Å². The number of esters is 1. The lowest BCUT2D eigenvalue weighted by Gasteiger charge is -2.32. The number of rotatable bonds is 5. The Kier molecular flexibility index (Phi) is 5.79. The standard InChI is InChI=1S/C20H33N3O4/c1-19(2)10-13(16(24)23-19)9-14(18(26)27-3)22-17(25)15-11-20(12-21-15)7-5-4-6-8-20/h13-15,21H,4-12H2,1-3H3,(H,22,25)(H,23,24). The molecule has 152 valence electrons. The molecule has 2 amide bonds. The van der Waals surface area contributed by atoms with E-state index in [1.807, 2.05) is 13.8 Å². The van der Waals surface area contributed by atoms with Crippen LogP contribution in [0.1, 0.15) is 65.2 Å². The molecule has 0 aromatic heterocycles. The number of hydrogen-bond acceptors (Lipinski definition) is 5. The van der Waals surface area contributed by atoms with Crippen LogP contribution in [0.15, 0.2) is 0 Å². The van der Waals surface area contributed by atoms with Crippen molar-refractivity contribution in [2.24, 2.45) is 11.3 Å². The van der Waals surface area contributed by atoms with Crippen molar-refractivity contribution in [2.75, 3.05) is 13.7 Å². The van der Waals surface area contributed by atoms with Crippen molar-refractivity contribution in [3.05, 3.63) is 0 Å². The number of carbonyl (C=O) groups excluding carboxylic acids is 3. The fourth-order valence-electron chi connectivity index (χ4n) is 5.08. The Morgan fingerprint density at radius 2 is 1.93 bits per heavy atom. The molecule has 3 rings (SSSR count). The molecule has 1 spiro atoms. The maximum atomic E-state index is 12.8. The average Bonchev–Trinajstić information content (AvgIpc) is 3.14. The van der Waals surface area contributed by atoms with Crippen LogP contribution in [0.2, 0.25) is 0 Å². The monoisotopic (exact) mass is 379 g/mol. The third-order valence-corrected chi connectivity index (χ3v) is 6.50. The van der Waals surface area contributed by atoms with Crippen LogP contribution >= 0.6 is 0 Å². The predicted octanol–water partition coefficient (Wildman–Crippen LogP) is 1.26. The highest BCUT2D eigenvalue weighted by Crippen LogP contribution is 2.42. The highest BCUT2D eigenvalue weighted by molar-refractivity contribution is 5.89. The number of hydrogen-bond donors (Lipinski definition) is 3. The number of nitrogens with one attached hydrogen (secondary N) is 3. The minimum Gasteiger partial charge on any atom is -0.467 e. The summed E-state index contributed by atoms with van der Waals surface area (Å²) < 4.78 is 4.88. The first-order valence-corrected chi connectivity index (χ1v) is 10.2. The topological polar surface area (TPSA) is 96.5 Å². The van der Waals surface area contributed by atoms with E-state index in [2.05, 4.69) is 16.0 Å². The zero-order valence-corrected chi connectivity index (χ0v) is 16.7. The highest BCUT2D eigenvalue weighted by atomic mass is 16.5. The molecule has 3 atom stereocenters. The molecular weight excluding hydrogens is 346 g/mol. The van der Waals surface area contributed by atoms with Crippen molar-refractivity contribution in [3.63, 3.8) is 0 Å². The van der Waals surface area contributed by atoms with Gasteiger partial charge in [-0.2, -0.15) is 0 Å². The summed E-state index contributed by atoms with van der Waals surface area (Å²) in [7, 11) is 1.31. The Hall–Kier alpha value is -1.63. The second-order valence-corrected chi connectivity index (χ2v) is 9.29. The van der Waals surface area contributed by atoms with E-state index in [4.69, 9.17) is 4.74 Å². The molecule has 3 N–H and O–H groups in total. The minimum absolute atomic E-state index is 0.0664. The summed E-state index contributed by atoms with van der Waals surface area (Å²) in [5.74, 6) is -1.02. The van der Waals surface area contributed by atoms with Gasteiger partial charge in [0.1, 0.15) is 6.04 Å². The molecule has 7 heteroatoms. The molecule has 1 aliphatic carbocycles. The molecule has 0 aromatic carbocycles. The Morgan fingerprint density at radius 3 is 2.52 bits per heavy atom. The van der Waals surface area contributed by atoms with Gasteiger partial charge in [-0.3, -0.25) is 9.59 Å². The second-order valence-electron chi connectivity index (χ2n) is 9.29. The van der Waals surface area contributed by atoms with Gasteiger partial charge in [-0.25, -0.2) is 4.79 Å². The SMILES string of the molecule is COC(=O)C(CC1CC(C)(C)NC1=O)NC(=O)C1CC2(CCCCC2)CN1. The third kappa shape index (κ3) is 4.62. The molecule has 27 heavy (non-hydrogen) atoms. The fraction of sp³-hybridized carbons (Fsp3) is 0.850. The van der Waals surface area contributed by atoms with Crippen LogP contribution in [0.5, 0.6) is 0 Å². The van der Waals surface area contributed by atoms with E-state index in [-0.39, 0.29) is 41.1 Å². The van der Waals surface area contributed by atoms with Crippen molar-refractivity contribution in [1.82, 2.24) is 16.0 Å². The first-order valence-electron chi connectivity index (χ1n) is 10.2. The van der Waals surface area contributed by atoms with Crippen molar-refractivity contribution in [2.45, 2.75) is 82.8 Å². The number of methoxy groups -OCH3 is 1. The van der Waals surface area contributed by atoms with Crippen LogP contribution in [0.4, 0.5) is 0 Å². The van der Waals surface area contributed by atoms with Crippen molar-refractivity contribution < 1.29 is 19.1 Å². The molecule has 2 aliphatic heterocycles. The molecule has 0 bridgehead atoms. The maximum absolute atomic E-state index is 12.8. The Morgan fingerprint density at radius 1 is 1.22 bits per heavy atom. The molecule has 7 nitrogen and oxygen atoms in total. The second kappa shape index (κ2) is 7.78. The van der Waals surface area contributed by atoms with Gasteiger partial charge in [-0.05, 0) is 51.4 Å². The Balaban J connectivity index is 1.60. The zero-order valence-electron chi connectivity index (χ0n) is 16.7. The molecule has 0 aromatic rings. The van der Waals surface area contributed by atoms with Crippen molar-refractivity contribution in [1.29, 1.82) is 0 Å². The predicted molar refractivity (Wildman–Crippen MR) is 101 cm³/mol. The zero-order chi connectivity index (χ0) is 19.7. The average molecular weight is 380 g/mol. The molecule has 2 heterocycles. The van der Waals surface area contributed by atoms with Crippen LogP contribution in [-0.2, 0) is 19.1 Å². The quantitative estimate of drug-likeness (QED) is 0.625. The summed E-state index contributed by atoms with van der Waals surface area (Å²) in [6.07, 6.45) is 7.81. The van der Waals surface area contributed by atoms with Crippen LogP contribution in [0, 0.1) is 11.3 Å². The van der Waals surface area contributed by atoms with Crippen LogP contribution in [0.25, 0.3) is 0 Å². The summed E-state index contributed by atoms with van der Waals surface area (Å²) in [5.41, 5.74) is -0.0524. The summed E-state index contributed by atoms with van der Waals surface area (Å²) >= 11 is 0. The molecule has 3 aliphatic rings. The van der Waals surface area contributed by atoms with E-state index in [1.54, 1.807) is 0 Å². The van der Waals surface area contributed by atoms with Crippen LogP contribution in [0.3, 0.4) is 0 Å². The summed E-state index contributed by atoms with van der Waals surface area (Å²) in [5, 5.41) is 9.14. The van der Waals surface area contributed by atoms with E-state index in [0.717, 1.165) is 13.0 Å². The Bertz CT molecular complexity index is 598. The molecule has 1 saturated carbocycles. The lowest BCUT2D eigenvalue weighted by Crippen LogP contribution is -2.49. The lowest BCUT2D eigenvalue weighted by molar-refractivity contribution is -0.146. The fourth-order valence-corrected chi connectivity index (χ4v) is 5.08. The first kappa shape index (κ1) is 20.1. The highest BCUT2D eigenvalue weighted by Gasteiger charge is 2.44. The van der Waals surface area contributed by atoms with E-state index in [0.29, 0.717) is 6.42 Å².